The first-order valence-electron chi connectivity index (χ1n) is 8.98. The summed E-state index contributed by atoms with van der Waals surface area (Å²) in [7, 11) is 0. The monoisotopic (exact) mass is 382 g/mol. The van der Waals surface area contributed by atoms with E-state index in [-0.39, 0.29) is 5.56 Å². The van der Waals surface area contributed by atoms with Gasteiger partial charge in [0.1, 0.15) is 5.82 Å². The van der Waals surface area contributed by atoms with Crippen molar-refractivity contribution < 1.29 is 19.1 Å². The predicted octanol–water partition coefficient (Wildman–Crippen LogP) is 2.78. The average molecular weight is 382 g/mol. The highest BCUT2D eigenvalue weighted by Gasteiger charge is 2.21. The van der Waals surface area contributed by atoms with Crippen LogP contribution in [-0.2, 0) is 9.53 Å². The Bertz CT molecular complexity index is 892. The molecule has 0 unspecified atom stereocenters. The SMILES string of the molecule is Cc1ccc(NC(=O)NC(=O)COC(=O)c2ccc(NC3CC3)nc2)cc1C. The molecular formula is C20H22N4O4. The lowest BCUT2D eigenvalue weighted by molar-refractivity contribution is -0.123. The first kappa shape index (κ1) is 19.3. The van der Waals surface area contributed by atoms with Gasteiger partial charge in [-0.3, -0.25) is 10.1 Å². The molecule has 0 saturated heterocycles. The fraction of sp³-hybridized carbons (Fsp3) is 0.300. The summed E-state index contributed by atoms with van der Waals surface area (Å²) >= 11 is 0. The maximum atomic E-state index is 12.0. The van der Waals surface area contributed by atoms with Gasteiger partial charge in [0.25, 0.3) is 5.91 Å². The van der Waals surface area contributed by atoms with Crippen molar-refractivity contribution >= 4 is 29.4 Å². The predicted molar refractivity (Wildman–Crippen MR) is 104 cm³/mol. The molecule has 0 spiro atoms. The van der Waals surface area contributed by atoms with Crippen molar-refractivity contribution in [2.45, 2.75) is 32.7 Å². The highest BCUT2D eigenvalue weighted by Crippen LogP contribution is 2.23. The van der Waals surface area contributed by atoms with Gasteiger partial charge < -0.3 is 15.4 Å². The maximum absolute atomic E-state index is 12.0. The number of rotatable bonds is 6. The summed E-state index contributed by atoms with van der Waals surface area (Å²) in [4.78, 5) is 39.8. The average Bonchev–Trinajstić information content (AvgIpc) is 3.47. The lowest BCUT2D eigenvalue weighted by Crippen LogP contribution is -2.37. The normalized spacial score (nSPS) is 12.8. The Kier molecular flexibility index (Phi) is 5.88. The summed E-state index contributed by atoms with van der Waals surface area (Å²) in [6, 6.07) is 8.44. The molecule has 28 heavy (non-hydrogen) atoms. The van der Waals surface area contributed by atoms with E-state index in [4.69, 9.17) is 4.74 Å². The molecule has 1 fully saturated rings. The Morgan fingerprint density at radius 3 is 2.54 bits per heavy atom. The molecule has 1 heterocycles. The number of ether oxygens (including phenoxy) is 1. The Hall–Kier alpha value is -3.42. The molecule has 1 aliphatic rings. The smallest absolute Gasteiger partial charge is 0.340 e. The molecule has 1 aliphatic carbocycles. The van der Waals surface area contributed by atoms with Crippen molar-refractivity contribution in [3.63, 3.8) is 0 Å². The van der Waals surface area contributed by atoms with Crippen LogP contribution in [0.25, 0.3) is 0 Å². The molecule has 1 saturated carbocycles. The summed E-state index contributed by atoms with van der Waals surface area (Å²) in [5, 5.41) is 7.88. The van der Waals surface area contributed by atoms with E-state index >= 15 is 0 Å². The number of imide groups is 1. The van der Waals surface area contributed by atoms with Crippen LogP contribution >= 0.6 is 0 Å². The number of hydrogen-bond acceptors (Lipinski definition) is 6. The molecule has 8 heteroatoms. The molecule has 8 nitrogen and oxygen atoms in total. The van der Waals surface area contributed by atoms with E-state index in [0.29, 0.717) is 17.5 Å². The van der Waals surface area contributed by atoms with Gasteiger partial charge >= 0.3 is 12.0 Å². The Morgan fingerprint density at radius 1 is 1.11 bits per heavy atom. The third-order valence-corrected chi connectivity index (χ3v) is 4.28. The summed E-state index contributed by atoms with van der Waals surface area (Å²) in [6.07, 6.45) is 3.63. The molecule has 2 aromatic rings. The minimum absolute atomic E-state index is 0.230. The Balaban J connectivity index is 1.43. The number of pyridine rings is 1. The first-order valence-corrected chi connectivity index (χ1v) is 8.98. The molecule has 146 valence electrons. The molecule has 1 aromatic carbocycles. The van der Waals surface area contributed by atoms with Crippen molar-refractivity contribution in [3.05, 3.63) is 53.2 Å². The number of benzene rings is 1. The minimum atomic E-state index is -0.727. The second-order valence-electron chi connectivity index (χ2n) is 6.73. The molecule has 1 aromatic heterocycles. The number of aromatic nitrogens is 1. The van der Waals surface area contributed by atoms with Crippen LogP contribution in [0.4, 0.5) is 16.3 Å². The molecule has 0 radical (unpaired) electrons. The van der Waals surface area contributed by atoms with Crippen molar-refractivity contribution in [2.24, 2.45) is 0 Å². The number of esters is 1. The molecular weight excluding hydrogens is 360 g/mol. The van der Waals surface area contributed by atoms with Crippen LogP contribution in [0.3, 0.4) is 0 Å². The van der Waals surface area contributed by atoms with Crippen LogP contribution in [-0.4, -0.2) is 35.5 Å². The van der Waals surface area contributed by atoms with E-state index < -0.39 is 24.5 Å². The minimum Gasteiger partial charge on any atom is -0.452 e. The number of amides is 3. The summed E-state index contributed by atoms with van der Waals surface area (Å²) < 4.78 is 4.92. The van der Waals surface area contributed by atoms with Gasteiger partial charge in [-0.1, -0.05) is 6.07 Å². The fourth-order valence-corrected chi connectivity index (χ4v) is 2.40. The lowest BCUT2D eigenvalue weighted by Gasteiger charge is -2.09. The second kappa shape index (κ2) is 8.51. The van der Waals surface area contributed by atoms with E-state index in [0.717, 1.165) is 24.0 Å². The molecule has 3 amide bonds. The number of nitrogens with zero attached hydrogens (tertiary/aromatic N) is 1. The third kappa shape index (κ3) is 5.54. The maximum Gasteiger partial charge on any atom is 0.340 e. The first-order chi connectivity index (χ1) is 13.4. The molecule has 3 N–H and O–H groups in total. The van der Waals surface area contributed by atoms with Gasteiger partial charge in [0.2, 0.25) is 0 Å². The van der Waals surface area contributed by atoms with E-state index in [1.165, 1.54) is 6.20 Å². The summed E-state index contributed by atoms with van der Waals surface area (Å²) in [6.45, 7) is 3.32. The van der Waals surface area contributed by atoms with E-state index in [2.05, 4.69) is 20.9 Å². The lowest BCUT2D eigenvalue weighted by atomic mass is 10.1. The van der Waals surface area contributed by atoms with Crippen LogP contribution in [0.5, 0.6) is 0 Å². The van der Waals surface area contributed by atoms with Crippen molar-refractivity contribution in [1.29, 1.82) is 0 Å². The van der Waals surface area contributed by atoms with Crippen molar-refractivity contribution in [3.8, 4) is 0 Å². The number of nitrogens with one attached hydrogen (secondary N) is 3. The quantitative estimate of drug-likeness (QED) is 0.663. The summed E-state index contributed by atoms with van der Waals surface area (Å²) in [5.74, 6) is -0.718. The number of hydrogen-bond donors (Lipinski definition) is 3. The van der Waals surface area contributed by atoms with Gasteiger partial charge in [-0.15, -0.1) is 0 Å². The zero-order chi connectivity index (χ0) is 20.1. The van der Waals surface area contributed by atoms with E-state index in [1.54, 1.807) is 24.3 Å². The summed E-state index contributed by atoms with van der Waals surface area (Å²) in [5.41, 5.74) is 2.91. The van der Waals surface area contributed by atoms with Crippen LogP contribution in [0.2, 0.25) is 0 Å². The van der Waals surface area contributed by atoms with Crippen LogP contribution < -0.4 is 16.0 Å². The zero-order valence-electron chi connectivity index (χ0n) is 15.7. The standard InChI is InChI=1S/C20H22N4O4/c1-12-3-5-16(9-13(12)2)23-20(27)24-18(25)11-28-19(26)14-4-8-17(21-10-14)22-15-6-7-15/h3-5,8-10,15H,6-7,11H2,1-2H3,(H,21,22)(H2,23,24,25,27). The number of anilines is 2. The number of urea groups is 1. The number of carbonyl (C=O) groups is 3. The van der Waals surface area contributed by atoms with Gasteiger partial charge in [-0.2, -0.15) is 0 Å². The van der Waals surface area contributed by atoms with Crippen LogP contribution in [0.15, 0.2) is 36.5 Å². The van der Waals surface area contributed by atoms with Gasteiger partial charge in [0.05, 0.1) is 5.56 Å². The van der Waals surface area contributed by atoms with Crippen LogP contribution in [0.1, 0.15) is 34.3 Å². The Labute approximate surface area is 162 Å². The third-order valence-electron chi connectivity index (χ3n) is 4.28. The van der Waals surface area contributed by atoms with Gasteiger partial charge in [-0.05, 0) is 62.1 Å². The van der Waals surface area contributed by atoms with E-state index in [9.17, 15) is 14.4 Å². The van der Waals surface area contributed by atoms with E-state index in [1.807, 2.05) is 19.9 Å². The highest BCUT2D eigenvalue weighted by molar-refractivity contribution is 6.02. The van der Waals surface area contributed by atoms with Gasteiger partial charge in [0.15, 0.2) is 6.61 Å². The second-order valence-corrected chi connectivity index (χ2v) is 6.73. The molecule has 0 bridgehead atoms. The number of carbonyl (C=O) groups excluding carboxylic acids is 3. The fourth-order valence-electron chi connectivity index (χ4n) is 2.40. The zero-order valence-corrected chi connectivity index (χ0v) is 15.7. The van der Waals surface area contributed by atoms with Gasteiger partial charge in [0, 0.05) is 17.9 Å². The van der Waals surface area contributed by atoms with Crippen LogP contribution in [0, 0.1) is 13.8 Å². The van der Waals surface area contributed by atoms with Crippen molar-refractivity contribution in [2.75, 3.05) is 17.2 Å². The largest absolute Gasteiger partial charge is 0.452 e. The van der Waals surface area contributed by atoms with Gasteiger partial charge in [-0.25, -0.2) is 14.6 Å². The molecule has 3 rings (SSSR count). The van der Waals surface area contributed by atoms with Crippen molar-refractivity contribution in [1.82, 2.24) is 10.3 Å². The Morgan fingerprint density at radius 2 is 1.89 bits per heavy atom. The highest BCUT2D eigenvalue weighted by atomic mass is 16.5. The number of aryl methyl sites for hydroxylation is 2. The topological polar surface area (TPSA) is 109 Å². The molecule has 0 aliphatic heterocycles. The molecule has 0 atom stereocenters.